The molecule has 0 fully saturated rings. The van der Waals surface area contributed by atoms with Crippen molar-refractivity contribution < 1.29 is 17.9 Å². The van der Waals surface area contributed by atoms with Crippen molar-refractivity contribution in [2.45, 2.75) is 6.18 Å². The number of nitrogens with zero attached hydrogens (tertiary/aromatic N) is 1. The molecule has 0 unspecified atom stereocenters. The maximum absolute atomic E-state index is 12.7. The number of rotatable bonds is 6. The van der Waals surface area contributed by atoms with Crippen LogP contribution in [0, 0.1) is 0 Å². The molecule has 0 aromatic heterocycles. The average Bonchev–Trinajstić information content (AvgIpc) is 2.46. The minimum atomic E-state index is -4.43. The number of guanidine groups is 1. The first-order valence-electron chi connectivity index (χ1n) is 6.33. The Morgan fingerprint density at radius 3 is 2.59 bits per heavy atom. The van der Waals surface area contributed by atoms with E-state index >= 15 is 0 Å². The summed E-state index contributed by atoms with van der Waals surface area (Å²) in [5.74, 6) is 0.350. The van der Waals surface area contributed by atoms with Gasteiger partial charge >= 0.3 is 6.18 Å². The van der Waals surface area contributed by atoms with Gasteiger partial charge in [-0.3, -0.25) is 4.99 Å². The van der Waals surface area contributed by atoms with Crippen LogP contribution in [-0.4, -0.2) is 32.7 Å². The molecule has 0 radical (unpaired) electrons. The first-order valence-corrected chi connectivity index (χ1v) is 6.33. The lowest BCUT2D eigenvalue weighted by molar-refractivity contribution is -0.138. The Bertz CT molecular complexity index is 492. The third-order valence-corrected chi connectivity index (χ3v) is 2.48. The second kappa shape index (κ2) is 10.3. The summed E-state index contributed by atoms with van der Waals surface area (Å²) in [5, 5.41) is 5.86. The number of nitrogens with one attached hydrogen (secondary N) is 2. The lowest BCUT2D eigenvalue weighted by Gasteiger charge is -2.15. The first kappa shape index (κ1) is 20.6. The molecule has 8 heteroatoms. The summed E-state index contributed by atoms with van der Waals surface area (Å²) in [7, 11) is 1.60. The molecule has 0 saturated carbocycles. The van der Waals surface area contributed by atoms with Crippen LogP contribution in [0.5, 0.6) is 5.75 Å². The fourth-order valence-electron chi connectivity index (χ4n) is 1.55. The number of ether oxygens (including phenoxy) is 1. The van der Waals surface area contributed by atoms with Gasteiger partial charge in [-0.1, -0.05) is 18.2 Å². The quantitative estimate of drug-likeness (QED) is 0.240. The summed E-state index contributed by atoms with van der Waals surface area (Å²) < 4.78 is 43.4. The van der Waals surface area contributed by atoms with Crippen LogP contribution in [0.2, 0.25) is 0 Å². The Balaban J connectivity index is 0.00000441. The van der Waals surface area contributed by atoms with E-state index in [2.05, 4.69) is 22.2 Å². The van der Waals surface area contributed by atoms with Gasteiger partial charge in [-0.15, -0.1) is 30.6 Å². The highest BCUT2D eigenvalue weighted by Crippen LogP contribution is 2.35. The van der Waals surface area contributed by atoms with Gasteiger partial charge in [-0.25, -0.2) is 0 Å². The van der Waals surface area contributed by atoms with Gasteiger partial charge < -0.3 is 15.4 Å². The van der Waals surface area contributed by atoms with Gasteiger partial charge in [0.2, 0.25) is 0 Å². The lowest BCUT2D eigenvalue weighted by Crippen LogP contribution is -2.39. The zero-order valence-electron chi connectivity index (χ0n) is 12.1. The molecular formula is C14H19F3IN3O. The summed E-state index contributed by atoms with van der Waals surface area (Å²) in [5.41, 5.74) is -0.779. The Morgan fingerprint density at radius 1 is 1.32 bits per heavy atom. The van der Waals surface area contributed by atoms with Crippen molar-refractivity contribution in [3.63, 3.8) is 0 Å². The molecule has 0 saturated heterocycles. The topological polar surface area (TPSA) is 45.7 Å². The van der Waals surface area contributed by atoms with Gasteiger partial charge in [0.05, 0.1) is 12.1 Å². The van der Waals surface area contributed by atoms with Crippen LogP contribution in [-0.2, 0) is 6.18 Å². The molecule has 0 aliphatic rings. The average molecular weight is 429 g/mol. The van der Waals surface area contributed by atoms with Crippen molar-refractivity contribution in [1.82, 2.24) is 10.6 Å². The predicted molar refractivity (Wildman–Crippen MR) is 91.9 cm³/mol. The van der Waals surface area contributed by atoms with Crippen molar-refractivity contribution >= 4 is 29.9 Å². The molecule has 0 spiro atoms. The van der Waals surface area contributed by atoms with E-state index in [0.717, 1.165) is 6.07 Å². The molecule has 0 atom stereocenters. The molecule has 0 aliphatic heterocycles. The SMILES string of the molecule is C=CCNC(=NC)NCCOc1ccccc1C(F)(F)F.I. The number of halogens is 4. The van der Waals surface area contributed by atoms with Gasteiger partial charge in [0.25, 0.3) is 0 Å². The summed E-state index contributed by atoms with van der Waals surface area (Å²) in [4.78, 5) is 3.94. The monoisotopic (exact) mass is 429 g/mol. The molecule has 1 aromatic rings. The molecule has 4 nitrogen and oxygen atoms in total. The molecular weight excluding hydrogens is 410 g/mol. The second-order valence-corrected chi connectivity index (χ2v) is 4.01. The Labute approximate surface area is 144 Å². The fraction of sp³-hybridized carbons (Fsp3) is 0.357. The van der Waals surface area contributed by atoms with Crippen LogP contribution in [0.1, 0.15) is 5.56 Å². The lowest BCUT2D eigenvalue weighted by atomic mass is 10.2. The van der Waals surface area contributed by atoms with E-state index in [9.17, 15) is 13.2 Å². The second-order valence-electron chi connectivity index (χ2n) is 4.01. The largest absolute Gasteiger partial charge is 0.491 e. The van der Waals surface area contributed by atoms with Crippen molar-refractivity contribution in [2.24, 2.45) is 4.99 Å². The molecule has 0 bridgehead atoms. The van der Waals surface area contributed by atoms with Crippen molar-refractivity contribution in [1.29, 1.82) is 0 Å². The van der Waals surface area contributed by atoms with E-state index in [-0.39, 0.29) is 36.3 Å². The van der Waals surface area contributed by atoms with E-state index in [1.165, 1.54) is 18.2 Å². The molecule has 0 aliphatic carbocycles. The van der Waals surface area contributed by atoms with Gasteiger partial charge in [-0.2, -0.15) is 13.2 Å². The van der Waals surface area contributed by atoms with Crippen LogP contribution in [0.3, 0.4) is 0 Å². The summed E-state index contributed by atoms with van der Waals surface area (Å²) >= 11 is 0. The standard InChI is InChI=1S/C14H18F3N3O.HI/c1-3-8-19-13(18-2)20-9-10-21-12-7-5-4-6-11(12)14(15,16)17;/h3-7H,1,8-10H2,2H3,(H2,18,19,20);1H. The minimum Gasteiger partial charge on any atom is -0.491 e. The number of benzene rings is 1. The van der Waals surface area contributed by atoms with E-state index in [4.69, 9.17) is 4.74 Å². The normalized spacial score (nSPS) is 11.4. The molecule has 1 aromatic carbocycles. The van der Waals surface area contributed by atoms with Gasteiger partial charge in [0, 0.05) is 13.6 Å². The van der Waals surface area contributed by atoms with Crippen LogP contribution >= 0.6 is 24.0 Å². The number of para-hydroxylation sites is 1. The van der Waals surface area contributed by atoms with Crippen molar-refractivity contribution in [3.05, 3.63) is 42.5 Å². The molecule has 0 amide bonds. The van der Waals surface area contributed by atoms with Crippen molar-refractivity contribution in [3.8, 4) is 5.75 Å². The molecule has 2 N–H and O–H groups in total. The Kier molecular flexibility index (Phi) is 9.63. The third-order valence-electron chi connectivity index (χ3n) is 2.48. The number of hydrogen-bond acceptors (Lipinski definition) is 2. The summed E-state index contributed by atoms with van der Waals surface area (Å²) in [6.45, 7) is 4.51. The van der Waals surface area contributed by atoms with Gasteiger partial charge in [-0.05, 0) is 12.1 Å². The number of alkyl halides is 3. The summed E-state index contributed by atoms with van der Waals surface area (Å²) in [6, 6.07) is 5.12. The maximum Gasteiger partial charge on any atom is 0.419 e. The van der Waals surface area contributed by atoms with Crippen LogP contribution in [0.25, 0.3) is 0 Å². The number of hydrogen-bond donors (Lipinski definition) is 2. The van der Waals surface area contributed by atoms with Gasteiger partial charge in [0.15, 0.2) is 5.96 Å². The van der Waals surface area contributed by atoms with Crippen molar-refractivity contribution in [2.75, 3.05) is 26.7 Å². The highest BCUT2D eigenvalue weighted by Gasteiger charge is 2.33. The predicted octanol–water partition coefficient (Wildman–Crippen LogP) is 3.05. The van der Waals surface area contributed by atoms with E-state index in [1.807, 2.05) is 0 Å². The molecule has 124 valence electrons. The Hall–Kier alpha value is -1.45. The van der Waals surface area contributed by atoms with E-state index in [0.29, 0.717) is 19.0 Å². The van der Waals surface area contributed by atoms with Crippen LogP contribution < -0.4 is 15.4 Å². The third kappa shape index (κ3) is 7.01. The van der Waals surface area contributed by atoms with Crippen LogP contribution in [0.4, 0.5) is 13.2 Å². The maximum atomic E-state index is 12.7. The van der Waals surface area contributed by atoms with E-state index in [1.54, 1.807) is 13.1 Å². The van der Waals surface area contributed by atoms with Crippen LogP contribution in [0.15, 0.2) is 41.9 Å². The van der Waals surface area contributed by atoms with Gasteiger partial charge in [0.1, 0.15) is 12.4 Å². The first-order chi connectivity index (χ1) is 9.99. The zero-order valence-corrected chi connectivity index (χ0v) is 14.4. The smallest absolute Gasteiger partial charge is 0.419 e. The summed E-state index contributed by atoms with van der Waals surface area (Å²) in [6.07, 6.45) is -2.76. The van der Waals surface area contributed by atoms with E-state index < -0.39 is 11.7 Å². The zero-order chi connectivity index (χ0) is 15.7. The number of aliphatic imine (C=N–C) groups is 1. The highest BCUT2D eigenvalue weighted by atomic mass is 127. The minimum absolute atomic E-state index is 0. The Morgan fingerprint density at radius 2 is 2.00 bits per heavy atom. The fourth-order valence-corrected chi connectivity index (χ4v) is 1.55. The molecule has 22 heavy (non-hydrogen) atoms. The highest BCUT2D eigenvalue weighted by molar-refractivity contribution is 14.0. The molecule has 1 rings (SSSR count). The molecule has 0 heterocycles.